The number of benzene rings is 2. The van der Waals surface area contributed by atoms with E-state index in [1.165, 1.54) is 22.1 Å². The molecule has 3 heterocycles. The van der Waals surface area contributed by atoms with E-state index in [9.17, 15) is 0 Å². The third-order valence-electron chi connectivity index (χ3n) is 4.90. The van der Waals surface area contributed by atoms with Gasteiger partial charge in [0, 0.05) is 36.0 Å². The molecule has 0 bridgehead atoms. The third kappa shape index (κ3) is 2.31. The molecule has 4 heteroatoms. The summed E-state index contributed by atoms with van der Waals surface area (Å²) in [5.74, 6) is 0. The van der Waals surface area contributed by atoms with Crippen LogP contribution in [0.4, 0.5) is 11.4 Å². The first kappa shape index (κ1) is 14.9. The minimum absolute atomic E-state index is 0.0546. The maximum Gasteiger partial charge on any atom is 0.330 e. The molecule has 5 rings (SSSR count). The number of nitrogens with zero attached hydrogens (tertiary/aromatic N) is 3. The lowest BCUT2D eigenvalue weighted by Gasteiger charge is -2.38. The van der Waals surface area contributed by atoms with E-state index in [0.29, 0.717) is 0 Å². The number of para-hydroxylation sites is 1. The van der Waals surface area contributed by atoms with Crippen LogP contribution in [0.3, 0.4) is 0 Å². The molecule has 4 aromatic rings. The van der Waals surface area contributed by atoms with Crippen LogP contribution in [0.25, 0.3) is 11.1 Å². The van der Waals surface area contributed by atoms with Crippen LogP contribution in [0.1, 0.15) is 0 Å². The molecule has 26 heavy (non-hydrogen) atoms. The number of hydrogen-bond acceptors (Lipinski definition) is 3. The summed E-state index contributed by atoms with van der Waals surface area (Å²) >= 11 is 0. The average molecular weight is 333 g/mol. The van der Waals surface area contributed by atoms with Crippen LogP contribution in [-0.4, -0.2) is 16.8 Å². The Kier molecular flexibility index (Phi) is 3.53. The summed E-state index contributed by atoms with van der Waals surface area (Å²) in [6, 6.07) is 25.3. The van der Waals surface area contributed by atoms with Gasteiger partial charge in [-0.25, -0.2) is 0 Å². The van der Waals surface area contributed by atoms with Crippen molar-refractivity contribution in [2.45, 2.75) is 0 Å². The van der Waals surface area contributed by atoms with Gasteiger partial charge in [-0.15, -0.1) is 0 Å². The number of rotatable bonds is 2. The summed E-state index contributed by atoms with van der Waals surface area (Å²) in [7, 11) is 0. The van der Waals surface area contributed by atoms with Gasteiger partial charge in [0.1, 0.15) is 0 Å². The van der Waals surface area contributed by atoms with E-state index in [-0.39, 0.29) is 6.85 Å². The molecular formula is C22H16BN3. The quantitative estimate of drug-likeness (QED) is 0.527. The molecule has 0 atom stereocenters. The molecule has 3 nitrogen and oxygen atoms in total. The van der Waals surface area contributed by atoms with Gasteiger partial charge in [-0.1, -0.05) is 54.0 Å². The van der Waals surface area contributed by atoms with Crippen LogP contribution in [0.15, 0.2) is 97.6 Å². The van der Waals surface area contributed by atoms with Crippen molar-refractivity contribution in [1.82, 2.24) is 9.97 Å². The van der Waals surface area contributed by atoms with Crippen LogP contribution in [0, 0.1) is 0 Å². The Hall–Kier alpha value is -3.40. The van der Waals surface area contributed by atoms with Crippen molar-refractivity contribution in [3.8, 4) is 11.1 Å². The second-order valence-electron chi connectivity index (χ2n) is 6.37. The Labute approximate surface area is 153 Å². The standard InChI is InChI=1S/C22H16BN3/c1-3-7-17(8-4-1)23-21-15-24-13-11-19(21)20-12-14-25-16-22(20)26(23)18-9-5-2-6-10-18/h1-16H. The van der Waals surface area contributed by atoms with Gasteiger partial charge >= 0.3 is 6.85 Å². The van der Waals surface area contributed by atoms with Crippen LogP contribution in [0.5, 0.6) is 0 Å². The Morgan fingerprint density at radius 2 is 1.31 bits per heavy atom. The van der Waals surface area contributed by atoms with E-state index in [4.69, 9.17) is 0 Å². The highest BCUT2D eigenvalue weighted by atomic mass is 15.1. The van der Waals surface area contributed by atoms with Gasteiger partial charge in [0.05, 0.1) is 5.69 Å². The van der Waals surface area contributed by atoms with E-state index in [1.54, 1.807) is 0 Å². The molecule has 2 aromatic heterocycles. The topological polar surface area (TPSA) is 29.0 Å². The van der Waals surface area contributed by atoms with Gasteiger partial charge in [0.2, 0.25) is 0 Å². The highest BCUT2D eigenvalue weighted by Gasteiger charge is 2.37. The number of pyridine rings is 2. The first-order chi connectivity index (χ1) is 12.9. The van der Waals surface area contributed by atoms with Gasteiger partial charge in [0.25, 0.3) is 0 Å². The molecule has 1 aliphatic rings. The van der Waals surface area contributed by atoms with E-state index in [1.807, 2.05) is 30.9 Å². The average Bonchev–Trinajstić information content (AvgIpc) is 2.74. The van der Waals surface area contributed by atoms with Crippen molar-refractivity contribution < 1.29 is 0 Å². The van der Waals surface area contributed by atoms with Crippen molar-refractivity contribution >= 4 is 29.1 Å². The van der Waals surface area contributed by atoms with Crippen molar-refractivity contribution in [2.75, 3.05) is 4.81 Å². The molecule has 0 saturated heterocycles. The number of anilines is 2. The fourth-order valence-corrected chi connectivity index (χ4v) is 3.79. The molecule has 0 N–H and O–H groups in total. The fraction of sp³-hybridized carbons (Fsp3) is 0. The predicted octanol–water partition coefficient (Wildman–Crippen LogP) is 3.40. The van der Waals surface area contributed by atoms with Gasteiger partial charge in [-0.2, -0.15) is 0 Å². The largest absolute Gasteiger partial charge is 0.375 e. The van der Waals surface area contributed by atoms with E-state index < -0.39 is 0 Å². The zero-order chi connectivity index (χ0) is 17.3. The molecule has 1 aliphatic heterocycles. The normalized spacial score (nSPS) is 12.5. The van der Waals surface area contributed by atoms with E-state index in [0.717, 1.165) is 11.4 Å². The van der Waals surface area contributed by atoms with Crippen LogP contribution >= 0.6 is 0 Å². The lowest BCUT2D eigenvalue weighted by atomic mass is 9.46. The smallest absolute Gasteiger partial charge is 0.330 e. The molecule has 0 spiro atoms. The second-order valence-corrected chi connectivity index (χ2v) is 6.37. The Bertz CT molecular complexity index is 964. The Morgan fingerprint density at radius 3 is 2.08 bits per heavy atom. The Morgan fingerprint density at radius 1 is 0.654 bits per heavy atom. The highest BCUT2D eigenvalue weighted by Crippen LogP contribution is 2.38. The van der Waals surface area contributed by atoms with Crippen molar-refractivity contribution in [3.63, 3.8) is 0 Å². The minimum atomic E-state index is 0.0546. The predicted molar refractivity (Wildman–Crippen MR) is 108 cm³/mol. The SMILES string of the molecule is c1ccc(B2c3cnccc3-c3ccncc3N2c2ccccc2)cc1. The fourth-order valence-electron chi connectivity index (χ4n) is 3.79. The maximum atomic E-state index is 4.43. The third-order valence-corrected chi connectivity index (χ3v) is 4.90. The first-order valence-corrected chi connectivity index (χ1v) is 8.71. The molecule has 0 amide bonds. The highest BCUT2D eigenvalue weighted by molar-refractivity contribution is 6.90. The molecular weight excluding hydrogens is 317 g/mol. The Balaban J connectivity index is 1.83. The van der Waals surface area contributed by atoms with Crippen LogP contribution in [-0.2, 0) is 0 Å². The zero-order valence-corrected chi connectivity index (χ0v) is 14.2. The van der Waals surface area contributed by atoms with Crippen molar-refractivity contribution in [1.29, 1.82) is 0 Å². The first-order valence-electron chi connectivity index (χ1n) is 8.71. The van der Waals surface area contributed by atoms with Gasteiger partial charge < -0.3 is 4.81 Å². The van der Waals surface area contributed by atoms with Gasteiger partial charge in [-0.05, 0) is 35.3 Å². The lowest BCUT2D eigenvalue weighted by molar-refractivity contribution is 1.26. The lowest BCUT2D eigenvalue weighted by Crippen LogP contribution is -2.57. The van der Waals surface area contributed by atoms with Crippen molar-refractivity contribution in [3.05, 3.63) is 97.6 Å². The number of fused-ring (bicyclic) bond motifs is 3. The number of aromatic nitrogens is 2. The van der Waals surface area contributed by atoms with Crippen molar-refractivity contribution in [2.24, 2.45) is 0 Å². The summed E-state index contributed by atoms with van der Waals surface area (Å²) in [6.45, 7) is 0.0546. The summed E-state index contributed by atoms with van der Waals surface area (Å²) in [5, 5.41) is 0. The molecule has 0 radical (unpaired) electrons. The summed E-state index contributed by atoms with van der Waals surface area (Å²) in [4.78, 5) is 11.2. The summed E-state index contributed by atoms with van der Waals surface area (Å²) in [5.41, 5.74) is 7.12. The van der Waals surface area contributed by atoms with Crippen LogP contribution < -0.4 is 15.7 Å². The van der Waals surface area contributed by atoms with E-state index in [2.05, 4.69) is 81.5 Å². The summed E-state index contributed by atoms with van der Waals surface area (Å²) in [6.07, 6.45) is 7.67. The van der Waals surface area contributed by atoms with Crippen LogP contribution in [0.2, 0.25) is 0 Å². The minimum Gasteiger partial charge on any atom is -0.375 e. The number of hydrogen-bond donors (Lipinski definition) is 0. The van der Waals surface area contributed by atoms with Gasteiger partial charge in [0.15, 0.2) is 0 Å². The molecule has 0 saturated carbocycles. The zero-order valence-electron chi connectivity index (χ0n) is 14.2. The van der Waals surface area contributed by atoms with Gasteiger partial charge in [-0.3, -0.25) is 9.97 Å². The summed E-state index contributed by atoms with van der Waals surface area (Å²) < 4.78 is 0. The maximum absolute atomic E-state index is 4.43. The molecule has 0 fully saturated rings. The molecule has 122 valence electrons. The molecule has 0 aliphatic carbocycles. The monoisotopic (exact) mass is 333 g/mol. The molecule has 0 unspecified atom stereocenters. The second kappa shape index (κ2) is 6.15. The molecule has 2 aromatic carbocycles. The van der Waals surface area contributed by atoms with E-state index >= 15 is 0 Å².